The van der Waals surface area contributed by atoms with Gasteiger partial charge in [0.2, 0.25) is 0 Å². The van der Waals surface area contributed by atoms with Gasteiger partial charge in [0.25, 0.3) is 0 Å². The number of thioether (sulfide) groups is 1. The van der Waals surface area contributed by atoms with Gasteiger partial charge in [-0.25, -0.2) is 8.78 Å². The number of benzene rings is 2. The Kier molecular flexibility index (Phi) is 5.02. The maximum absolute atomic E-state index is 14.0. The van der Waals surface area contributed by atoms with Crippen LogP contribution in [0.25, 0.3) is 0 Å². The highest BCUT2D eigenvalue weighted by molar-refractivity contribution is 7.99. The van der Waals surface area contributed by atoms with Crippen molar-refractivity contribution < 1.29 is 8.78 Å². The van der Waals surface area contributed by atoms with E-state index in [0.717, 1.165) is 4.90 Å². The highest BCUT2D eigenvalue weighted by Gasteiger charge is 2.18. The number of hydrogen-bond donors (Lipinski definition) is 1. The van der Waals surface area contributed by atoms with E-state index in [2.05, 4.69) is 0 Å². The van der Waals surface area contributed by atoms with Crippen molar-refractivity contribution in [3.63, 3.8) is 0 Å². The molecular weight excluding hydrogens is 300 g/mol. The Morgan fingerprint density at radius 3 is 2.70 bits per heavy atom. The molecule has 5 heteroatoms. The Morgan fingerprint density at radius 2 is 2.00 bits per heavy atom. The van der Waals surface area contributed by atoms with E-state index in [0.29, 0.717) is 16.3 Å². The summed E-state index contributed by atoms with van der Waals surface area (Å²) in [5.74, 6) is -0.797. The van der Waals surface area contributed by atoms with Gasteiger partial charge in [0.15, 0.2) is 0 Å². The van der Waals surface area contributed by atoms with Crippen molar-refractivity contribution in [2.24, 2.45) is 5.73 Å². The van der Waals surface area contributed by atoms with Crippen LogP contribution in [0.3, 0.4) is 0 Å². The third-order valence-electron chi connectivity index (χ3n) is 2.92. The summed E-state index contributed by atoms with van der Waals surface area (Å²) in [6.07, 6.45) is 0. The van der Waals surface area contributed by atoms with Crippen LogP contribution in [0.2, 0.25) is 5.02 Å². The Bertz CT molecular complexity index is 619. The van der Waals surface area contributed by atoms with Crippen molar-refractivity contribution in [2.45, 2.75) is 17.9 Å². The van der Waals surface area contributed by atoms with Crippen molar-refractivity contribution >= 4 is 23.4 Å². The van der Waals surface area contributed by atoms with Crippen LogP contribution in [-0.2, 0) is 0 Å². The molecule has 0 heterocycles. The second kappa shape index (κ2) is 6.57. The fourth-order valence-electron chi connectivity index (χ4n) is 1.84. The van der Waals surface area contributed by atoms with Gasteiger partial charge in [-0.2, -0.15) is 0 Å². The predicted octanol–water partition coefficient (Wildman–Crippen LogP) is 4.72. The summed E-state index contributed by atoms with van der Waals surface area (Å²) in [7, 11) is 0. The number of rotatable bonds is 4. The molecule has 0 aliphatic carbocycles. The molecule has 0 saturated heterocycles. The second-order valence-corrected chi connectivity index (χ2v) is 6.00. The van der Waals surface area contributed by atoms with Crippen molar-refractivity contribution in [1.29, 1.82) is 0 Å². The van der Waals surface area contributed by atoms with Crippen LogP contribution in [0.1, 0.15) is 17.2 Å². The Labute approximate surface area is 126 Å². The van der Waals surface area contributed by atoms with E-state index < -0.39 is 17.7 Å². The lowest BCUT2D eigenvalue weighted by atomic mass is 10.0. The first-order valence-corrected chi connectivity index (χ1v) is 7.44. The van der Waals surface area contributed by atoms with Crippen LogP contribution in [-0.4, -0.2) is 5.75 Å². The van der Waals surface area contributed by atoms with E-state index in [4.69, 9.17) is 17.3 Å². The molecule has 0 amide bonds. The first-order chi connectivity index (χ1) is 9.49. The van der Waals surface area contributed by atoms with Gasteiger partial charge in [-0.3, -0.25) is 0 Å². The molecule has 1 unspecified atom stereocenters. The molecule has 20 heavy (non-hydrogen) atoms. The summed E-state index contributed by atoms with van der Waals surface area (Å²) < 4.78 is 27.7. The van der Waals surface area contributed by atoms with Crippen LogP contribution in [0, 0.1) is 18.6 Å². The summed E-state index contributed by atoms with van der Waals surface area (Å²) >= 11 is 7.30. The van der Waals surface area contributed by atoms with E-state index >= 15 is 0 Å². The zero-order valence-electron chi connectivity index (χ0n) is 10.9. The molecule has 0 saturated carbocycles. The van der Waals surface area contributed by atoms with Gasteiger partial charge < -0.3 is 5.73 Å². The molecule has 106 valence electrons. The van der Waals surface area contributed by atoms with Crippen LogP contribution in [0.5, 0.6) is 0 Å². The molecule has 0 radical (unpaired) electrons. The molecule has 0 fully saturated rings. The smallest absolute Gasteiger partial charge is 0.133 e. The van der Waals surface area contributed by atoms with Crippen molar-refractivity contribution in [1.82, 2.24) is 0 Å². The molecule has 2 N–H and O–H groups in total. The first kappa shape index (κ1) is 15.3. The lowest BCUT2D eigenvalue weighted by Gasteiger charge is -2.15. The summed E-state index contributed by atoms with van der Waals surface area (Å²) in [6.45, 7) is 1.59. The molecule has 0 aliphatic rings. The zero-order valence-corrected chi connectivity index (χ0v) is 12.4. The monoisotopic (exact) mass is 313 g/mol. The average molecular weight is 314 g/mol. The third kappa shape index (κ3) is 3.51. The Morgan fingerprint density at radius 1 is 1.25 bits per heavy atom. The molecule has 2 aromatic carbocycles. The molecule has 0 aliphatic heterocycles. The largest absolute Gasteiger partial charge is 0.323 e. The number of halogens is 3. The number of nitrogens with two attached hydrogens (primary N) is 1. The summed E-state index contributed by atoms with van der Waals surface area (Å²) in [6, 6.07) is 9.21. The molecule has 2 aromatic rings. The first-order valence-electron chi connectivity index (χ1n) is 6.07. The molecule has 1 atom stereocenters. The normalized spacial score (nSPS) is 12.4. The van der Waals surface area contributed by atoms with Crippen molar-refractivity contribution in [3.8, 4) is 0 Å². The topological polar surface area (TPSA) is 26.0 Å². The maximum Gasteiger partial charge on any atom is 0.133 e. The van der Waals surface area contributed by atoms with Crippen molar-refractivity contribution in [3.05, 3.63) is 64.2 Å². The molecule has 1 nitrogen and oxygen atoms in total. The average Bonchev–Trinajstić information content (AvgIpc) is 2.41. The minimum atomic E-state index is -0.709. The SMILES string of the molecule is Cc1ccc(F)c(C(N)CSc2cccc(Cl)c2)c1F. The molecule has 2 rings (SSSR count). The van der Waals surface area contributed by atoms with Crippen LogP contribution in [0.4, 0.5) is 8.78 Å². The lowest BCUT2D eigenvalue weighted by molar-refractivity contribution is 0.533. The Balaban J connectivity index is 2.13. The van der Waals surface area contributed by atoms with Gasteiger partial charge in [0.05, 0.1) is 0 Å². The maximum atomic E-state index is 14.0. The summed E-state index contributed by atoms with van der Waals surface area (Å²) in [5.41, 5.74) is 6.25. The Hall–Kier alpha value is -1.10. The summed E-state index contributed by atoms with van der Waals surface area (Å²) in [5, 5.41) is 0.622. The van der Waals surface area contributed by atoms with Gasteiger partial charge in [-0.15, -0.1) is 11.8 Å². The quantitative estimate of drug-likeness (QED) is 0.827. The van der Waals surface area contributed by atoms with Crippen molar-refractivity contribution in [2.75, 3.05) is 5.75 Å². The summed E-state index contributed by atoms with van der Waals surface area (Å²) in [4.78, 5) is 0.918. The standard InChI is InChI=1S/C15H14ClF2NS/c1-9-5-6-12(17)14(15(9)18)13(19)8-20-11-4-2-3-10(16)7-11/h2-7,13H,8,19H2,1H3. The van der Waals surface area contributed by atoms with Gasteiger partial charge >= 0.3 is 0 Å². The van der Waals surface area contributed by atoms with Crippen LogP contribution in [0.15, 0.2) is 41.3 Å². The molecular formula is C15H14ClF2NS. The predicted molar refractivity (Wildman–Crippen MR) is 80.2 cm³/mol. The van der Waals surface area contributed by atoms with Crippen LogP contribution >= 0.6 is 23.4 Å². The third-order valence-corrected chi connectivity index (χ3v) is 4.26. The van der Waals surface area contributed by atoms with Gasteiger partial charge in [0, 0.05) is 27.3 Å². The molecule has 0 spiro atoms. The van der Waals surface area contributed by atoms with E-state index in [1.165, 1.54) is 23.9 Å². The minimum Gasteiger partial charge on any atom is -0.323 e. The van der Waals surface area contributed by atoms with E-state index in [1.54, 1.807) is 19.1 Å². The minimum absolute atomic E-state index is 0.0560. The van der Waals surface area contributed by atoms with E-state index in [-0.39, 0.29) is 5.56 Å². The van der Waals surface area contributed by atoms with Gasteiger partial charge in [0.1, 0.15) is 11.6 Å². The highest BCUT2D eigenvalue weighted by atomic mass is 35.5. The molecule has 0 aromatic heterocycles. The molecule has 0 bridgehead atoms. The van der Waals surface area contributed by atoms with E-state index in [1.807, 2.05) is 12.1 Å². The zero-order chi connectivity index (χ0) is 14.7. The van der Waals surface area contributed by atoms with Gasteiger partial charge in [-0.05, 0) is 36.8 Å². The van der Waals surface area contributed by atoms with Gasteiger partial charge in [-0.1, -0.05) is 23.7 Å². The number of hydrogen-bond acceptors (Lipinski definition) is 2. The fourth-order valence-corrected chi connectivity index (χ4v) is 3.02. The fraction of sp³-hybridized carbons (Fsp3) is 0.200. The number of aryl methyl sites for hydroxylation is 1. The lowest BCUT2D eigenvalue weighted by Crippen LogP contribution is -2.17. The highest BCUT2D eigenvalue weighted by Crippen LogP contribution is 2.28. The second-order valence-electron chi connectivity index (χ2n) is 4.47. The van der Waals surface area contributed by atoms with E-state index in [9.17, 15) is 8.78 Å². The van der Waals surface area contributed by atoms with Crippen LogP contribution < -0.4 is 5.73 Å².